The highest BCUT2D eigenvalue weighted by Gasteiger charge is 2.08. The summed E-state index contributed by atoms with van der Waals surface area (Å²) < 4.78 is 0. The Morgan fingerprint density at radius 3 is 1.34 bits per heavy atom. The van der Waals surface area contributed by atoms with Crippen LogP contribution in [0, 0.1) is 20.8 Å². The Balaban J connectivity index is 2.54. The first-order valence-electron chi connectivity index (χ1n) is 12.4. The van der Waals surface area contributed by atoms with Crippen molar-refractivity contribution in [2.75, 3.05) is 0 Å². The van der Waals surface area contributed by atoms with Gasteiger partial charge in [0.15, 0.2) is 0 Å². The number of aryl methyl sites for hydroxylation is 2. The molecule has 1 heteroatoms. The van der Waals surface area contributed by atoms with E-state index >= 15 is 0 Å². The molecule has 0 radical (unpaired) electrons. The van der Waals surface area contributed by atoms with Crippen LogP contribution in [0.5, 0.6) is 0 Å². The molecular formula is C28H47N. The average molecular weight is 398 g/mol. The van der Waals surface area contributed by atoms with Crippen LogP contribution < -0.4 is 0 Å². The third kappa shape index (κ3) is 10.8. The number of allylic oxidation sites excluding steroid dienone is 2. The lowest BCUT2D eigenvalue weighted by molar-refractivity contribution is 0.611. The van der Waals surface area contributed by atoms with Crippen molar-refractivity contribution >= 4 is 12.2 Å². The van der Waals surface area contributed by atoms with E-state index in [1.54, 1.807) is 0 Å². The zero-order valence-electron chi connectivity index (χ0n) is 20.2. The third-order valence-corrected chi connectivity index (χ3v) is 5.94. The first-order valence-corrected chi connectivity index (χ1v) is 12.4. The monoisotopic (exact) mass is 397 g/mol. The Morgan fingerprint density at radius 1 is 0.552 bits per heavy atom. The van der Waals surface area contributed by atoms with Gasteiger partial charge in [-0.05, 0) is 63.1 Å². The summed E-state index contributed by atoms with van der Waals surface area (Å²) in [5.74, 6) is 0. The van der Waals surface area contributed by atoms with Crippen molar-refractivity contribution in [3.63, 3.8) is 0 Å². The molecule has 0 spiro atoms. The van der Waals surface area contributed by atoms with Crippen molar-refractivity contribution in [1.29, 1.82) is 0 Å². The van der Waals surface area contributed by atoms with Crippen molar-refractivity contribution in [3.8, 4) is 0 Å². The van der Waals surface area contributed by atoms with Gasteiger partial charge in [0.1, 0.15) is 0 Å². The maximum Gasteiger partial charge on any atom is 0.0451 e. The maximum atomic E-state index is 4.83. The van der Waals surface area contributed by atoms with Crippen LogP contribution in [-0.2, 0) is 0 Å². The van der Waals surface area contributed by atoms with Crippen molar-refractivity contribution in [3.05, 3.63) is 40.2 Å². The number of hydrogen-bond donors (Lipinski definition) is 0. The molecule has 0 N–H and O–H groups in total. The molecule has 0 aliphatic heterocycles. The third-order valence-electron chi connectivity index (χ3n) is 5.94. The zero-order chi connectivity index (χ0) is 21.3. The highest BCUT2D eigenvalue weighted by molar-refractivity contribution is 5.66. The molecule has 0 saturated heterocycles. The number of rotatable bonds is 16. The molecule has 29 heavy (non-hydrogen) atoms. The van der Waals surface area contributed by atoms with Gasteiger partial charge < -0.3 is 0 Å². The number of pyridine rings is 1. The molecule has 164 valence electrons. The predicted octanol–water partition coefficient (Wildman–Crippen LogP) is 9.53. The fraction of sp³-hybridized carbons (Fsp3) is 0.679. The van der Waals surface area contributed by atoms with Crippen LogP contribution in [0.3, 0.4) is 0 Å². The fourth-order valence-electron chi connectivity index (χ4n) is 4.04. The van der Waals surface area contributed by atoms with Crippen molar-refractivity contribution < 1.29 is 0 Å². The summed E-state index contributed by atoms with van der Waals surface area (Å²) in [6.45, 7) is 11.1. The molecule has 0 amide bonds. The number of nitrogens with zero attached hydrogens (tertiary/aromatic N) is 1. The van der Waals surface area contributed by atoms with Crippen LogP contribution in [0.4, 0.5) is 0 Å². The van der Waals surface area contributed by atoms with Crippen LogP contribution in [0.1, 0.15) is 132 Å². The lowest BCUT2D eigenvalue weighted by Gasteiger charge is -2.12. The van der Waals surface area contributed by atoms with Gasteiger partial charge in [-0.15, -0.1) is 0 Å². The number of hydrogen-bond acceptors (Lipinski definition) is 1. The molecule has 0 atom stereocenters. The molecule has 0 bridgehead atoms. The molecule has 0 fully saturated rings. The molecule has 1 aromatic heterocycles. The maximum absolute atomic E-state index is 4.83. The summed E-state index contributed by atoms with van der Waals surface area (Å²) >= 11 is 0. The molecule has 0 aliphatic carbocycles. The lowest BCUT2D eigenvalue weighted by atomic mass is 9.98. The van der Waals surface area contributed by atoms with E-state index in [-0.39, 0.29) is 0 Å². The Kier molecular flexibility index (Phi) is 14.5. The molecule has 1 heterocycles. The van der Waals surface area contributed by atoms with E-state index in [1.807, 2.05) is 0 Å². The van der Waals surface area contributed by atoms with Gasteiger partial charge in [0.05, 0.1) is 0 Å². The van der Waals surface area contributed by atoms with Crippen LogP contribution >= 0.6 is 0 Å². The van der Waals surface area contributed by atoms with Gasteiger partial charge in [-0.2, -0.15) is 0 Å². The van der Waals surface area contributed by atoms with E-state index in [9.17, 15) is 0 Å². The van der Waals surface area contributed by atoms with Crippen molar-refractivity contribution in [1.82, 2.24) is 4.98 Å². The Morgan fingerprint density at radius 2 is 0.931 bits per heavy atom. The molecule has 0 saturated carbocycles. The average Bonchev–Trinajstić information content (AvgIpc) is 2.70. The normalized spacial score (nSPS) is 11.9. The topological polar surface area (TPSA) is 12.9 Å². The van der Waals surface area contributed by atoms with Crippen LogP contribution in [-0.4, -0.2) is 4.98 Å². The van der Waals surface area contributed by atoms with Gasteiger partial charge in [0, 0.05) is 11.4 Å². The van der Waals surface area contributed by atoms with E-state index in [0.717, 1.165) is 11.4 Å². The lowest BCUT2D eigenvalue weighted by Crippen LogP contribution is -1.99. The SMILES string of the molecule is CCCCCCCC/C=C/c1c(C)nc(C)c(/C=C/CCCCCCCC)c1C. The predicted molar refractivity (Wildman–Crippen MR) is 133 cm³/mol. The summed E-state index contributed by atoms with van der Waals surface area (Å²) in [7, 11) is 0. The zero-order valence-corrected chi connectivity index (χ0v) is 20.2. The largest absolute Gasteiger partial charge is 0.257 e. The number of aromatic nitrogens is 1. The Hall–Kier alpha value is -1.37. The molecule has 1 nitrogen and oxygen atoms in total. The summed E-state index contributed by atoms with van der Waals surface area (Å²) in [4.78, 5) is 4.83. The van der Waals surface area contributed by atoms with E-state index in [1.165, 1.54) is 107 Å². The molecule has 1 rings (SSSR count). The van der Waals surface area contributed by atoms with E-state index in [2.05, 4.69) is 58.9 Å². The standard InChI is InChI=1S/C28H47N/c1-6-8-10-12-14-16-18-20-22-27-24(3)28(26(5)29-25(27)4)23-21-19-17-15-13-11-9-7-2/h20-23H,6-19H2,1-5H3/b22-20+,23-21+. The first-order chi connectivity index (χ1) is 14.1. The van der Waals surface area contributed by atoms with Crippen molar-refractivity contribution in [2.45, 2.75) is 125 Å². The summed E-state index contributed by atoms with van der Waals surface area (Å²) in [5.41, 5.74) is 6.34. The second-order valence-corrected chi connectivity index (χ2v) is 8.65. The van der Waals surface area contributed by atoms with E-state index in [4.69, 9.17) is 4.98 Å². The smallest absolute Gasteiger partial charge is 0.0451 e. The Labute approximate surface area is 182 Å². The van der Waals surface area contributed by atoms with Gasteiger partial charge in [-0.3, -0.25) is 4.98 Å². The fourth-order valence-corrected chi connectivity index (χ4v) is 4.04. The summed E-state index contributed by atoms with van der Waals surface area (Å²) in [5, 5.41) is 0. The minimum absolute atomic E-state index is 1.16. The van der Waals surface area contributed by atoms with E-state index < -0.39 is 0 Å². The van der Waals surface area contributed by atoms with Crippen LogP contribution in [0.2, 0.25) is 0 Å². The van der Waals surface area contributed by atoms with Gasteiger partial charge >= 0.3 is 0 Å². The highest BCUT2D eigenvalue weighted by Crippen LogP contribution is 2.23. The van der Waals surface area contributed by atoms with Gasteiger partial charge in [0.25, 0.3) is 0 Å². The number of unbranched alkanes of at least 4 members (excludes halogenated alkanes) is 12. The van der Waals surface area contributed by atoms with Crippen LogP contribution in [0.25, 0.3) is 12.2 Å². The van der Waals surface area contributed by atoms with E-state index in [0.29, 0.717) is 0 Å². The van der Waals surface area contributed by atoms with Gasteiger partial charge in [-0.25, -0.2) is 0 Å². The van der Waals surface area contributed by atoms with Gasteiger partial charge in [-0.1, -0.05) is 102 Å². The molecular weight excluding hydrogens is 350 g/mol. The minimum atomic E-state index is 1.16. The minimum Gasteiger partial charge on any atom is -0.257 e. The highest BCUT2D eigenvalue weighted by atomic mass is 14.7. The second kappa shape index (κ2) is 16.4. The van der Waals surface area contributed by atoms with Crippen molar-refractivity contribution in [2.24, 2.45) is 0 Å². The summed E-state index contributed by atoms with van der Waals surface area (Å²) in [6, 6.07) is 0. The molecule has 0 aromatic carbocycles. The van der Waals surface area contributed by atoms with Crippen LogP contribution in [0.15, 0.2) is 12.2 Å². The van der Waals surface area contributed by atoms with Gasteiger partial charge in [0.2, 0.25) is 0 Å². The summed E-state index contributed by atoms with van der Waals surface area (Å²) in [6.07, 6.45) is 28.0. The Bertz CT molecular complexity index is 559. The molecule has 0 aliphatic rings. The molecule has 0 unspecified atom stereocenters. The quantitative estimate of drug-likeness (QED) is 0.253. The molecule has 1 aromatic rings. The second-order valence-electron chi connectivity index (χ2n) is 8.65. The first kappa shape index (κ1) is 25.7.